The third-order valence-corrected chi connectivity index (χ3v) is 4.02. The maximum absolute atomic E-state index is 12.2. The van der Waals surface area contributed by atoms with E-state index in [9.17, 15) is 4.79 Å². The number of carbonyl (C=O) groups is 1. The van der Waals surface area contributed by atoms with E-state index in [-0.39, 0.29) is 11.8 Å². The van der Waals surface area contributed by atoms with E-state index < -0.39 is 0 Å². The van der Waals surface area contributed by atoms with Crippen LogP contribution in [-0.2, 0) is 4.79 Å². The van der Waals surface area contributed by atoms with Gasteiger partial charge in [-0.2, -0.15) is 0 Å². The van der Waals surface area contributed by atoms with Crippen LogP contribution in [-0.4, -0.2) is 13.0 Å². The van der Waals surface area contributed by atoms with Gasteiger partial charge in [0.15, 0.2) is 0 Å². The Kier molecular flexibility index (Phi) is 4.70. The number of halogens is 1. The minimum absolute atomic E-state index is 0.104. The van der Waals surface area contributed by atoms with Gasteiger partial charge >= 0.3 is 0 Å². The summed E-state index contributed by atoms with van der Waals surface area (Å²) in [7, 11) is 1.57. The minimum atomic E-state index is 0.104. The van der Waals surface area contributed by atoms with Crippen molar-refractivity contribution >= 4 is 23.2 Å². The first-order chi connectivity index (χ1) is 9.10. The van der Waals surface area contributed by atoms with E-state index in [0.29, 0.717) is 16.7 Å². The van der Waals surface area contributed by atoms with Crippen molar-refractivity contribution < 1.29 is 9.53 Å². The molecule has 3 nitrogen and oxygen atoms in total. The molecule has 1 aromatic carbocycles. The highest BCUT2D eigenvalue weighted by Gasteiger charge is 2.25. The van der Waals surface area contributed by atoms with Gasteiger partial charge in [-0.3, -0.25) is 4.79 Å². The summed E-state index contributed by atoms with van der Waals surface area (Å²) >= 11 is 6.05. The average molecular weight is 282 g/mol. The van der Waals surface area contributed by atoms with Crippen molar-refractivity contribution in [2.75, 3.05) is 12.4 Å². The zero-order chi connectivity index (χ0) is 13.8. The first-order valence-corrected chi connectivity index (χ1v) is 7.12. The number of hydrogen-bond donors (Lipinski definition) is 1. The minimum Gasteiger partial charge on any atom is -0.495 e. The second-order valence-electron chi connectivity index (χ2n) is 5.31. The topological polar surface area (TPSA) is 38.3 Å². The Bertz CT molecular complexity index is 461. The van der Waals surface area contributed by atoms with Crippen LogP contribution in [0.1, 0.15) is 32.6 Å². The van der Waals surface area contributed by atoms with Crippen LogP contribution in [0.5, 0.6) is 5.75 Å². The van der Waals surface area contributed by atoms with Gasteiger partial charge in [-0.05, 0) is 37.0 Å². The number of anilines is 1. The summed E-state index contributed by atoms with van der Waals surface area (Å²) < 4.78 is 5.09. The molecule has 0 radical (unpaired) electrons. The van der Waals surface area contributed by atoms with Gasteiger partial charge in [0.2, 0.25) is 5.91 Å². The van der Waals surface area contributed by atoms with E-state index in [1.54, 1.807) is 19.2 Å². The largest absolute Gasteiger partial charge is 0.495 e. The summed E-state index contributed by atoms with van der Waals surface area (Å²) in [4.78, 5) is 12.2. The second kappa shape index (κ2) is 6.29. The molecule has 1 aliphatic rings. The van der Waals surface area contributed by atoms with Gasteiger partial charge in [0.1, 0.15) is 5.75 Å². The molecule has 2 unspecified atom stereocenters. The third-order valence-electron chi connectivity index (χ3n) is 3.73. The molecule has 1 saturated carbocycles. The Labute approximate surface area is 119 Å². The van der Waals surface area contributed by atoms with Crippen molar-refractivity contribution in [2.24, 2.45) is 11.8 Å². The van der Waals surface area contributed by atoms with Crippen LogP contribution in [0.3, 0.4) is 0 Å². The van der Waals surface area contributed by atoms with Crippen molar-refractivity contribution in [1.29, 1.82) is 0 Å². The van der Waals surface area contributed by atoms with Gasteiger partial charge in [-0.15, -0.1) is 0 Å². The molecule has 2 atom stereocenters. The smallest absolute Gasteiger partial charge is 0.227 e. The van der Waals surface area contributed by atoms with Crippen LogP contribution in [0.2, 0.25) is 5.02 Å². The van der Waals surface area contributed by atoms with Crippen LogP contribution in [0.25, 0.3) is 0 Å². The molecule has 1 fully saturated rings. The fourth-order valence-electron chi connectivity index (χ4n) is 2.66. The number of carbonyl (C=O) groups excluding carboxylic acids is 1. The molecule has 104 valence electrons. The molecule has 0 bridgehead atoms. The molecule has 1 amide bonds. The maximum atomic E-state index is 12.2. The molecular formula is C15H20ClNO2. The Balaban J connectivity index is 2.00. The molecule has 0 heterocycles. The van der Waals surface area contributed by atoms with E-state index in [2.05, 4.69) is 12.2 Å². The predicted molar refractivity (Wildman–Crippen MR) is 77.8 cm³/mol. The van der Waals surface area contributed by atoms with Gasteiger partial charge in [0.05, 0.1) is 12.1 Å². The zero-order valence-electron chi connectivity index (χ0n) is 11.4. The second-order valence-corrected chi connectivity index (χ2v) is 5.71. The van der Waals surface area contributed by atoms with Crippen molar-refractivity contribution in [2.45, 2.75) is 32.6 Å². The van der Waals surface area contributed by atoms with E-state index in [1.165, 1.54) is 6.42 Å². The lowest BCUT2D eigenvalue weighted by Gasteiger charge is -2.25. The highest BCUT2D eigenvalue weighted by Crippen LogP contribution is 2.31. The van der Waals surface area contributed by atoms with Gasteiger partial charge < -0.3 is 10.1 Å². The Hall–Kier alpha value is -1.22. The van der Waals surface area contributed by atoms with Gasteiger partial charge in [-0.1, -0.05) is 31.4 Å². The van der Waals surface area contributed by atoms with Crippen LogP contribution in [0.15, 0.2) is 18.2 Å². The van der Waals surface area contributed by atoms with Crippen LogP contribution in [0.4, 0.5) is 5.69 Å². The molecular weight excluding hydrogens is 262 g/mol. The Morgan fingerprint density at radius 2 is 2.21 bits per heavy atom. The number of hydrogen-bond acceptors (Lipinski definition) is 2. The van der Waals surface area contributed by atoms with Crippen molar-refractivity contribution in [3.05, 3.63) is 23.2 Å². The average Bonchev–Trinajstić information content (AvgIpc) is 2.39. The number of ether oxygens (including phenoxy) is 1. The summed E-state index contributed by atoms with van der Waals surface area (Å²) in [6.07, 6.45) is 4.34. The number of benzene rings is 1. The third kappa shape index (κ3) is 3.63. The standard InChI is InChI=1S/C15H20ClNO2/c1-10-4-3-5-11(8-10)15(18)17-12-6-7-14(19-2)13(16)9-12/h6-7,9-11H,3-5,8H2,1-2H3,(H,17,18). The fourth-order valence-corrected chi connectivity index (χ4v) is 2.92. The molecule has 0 aliphatic heterocycles. The molecule has 1 aromatic rings. The first kappa shape index (κ1) is 14.2. The number of rotatable bonds is 3. The summed E-state index contributed by atoms with van der Waals surface area (Å²) in [6, 6.07) is 5.31. The lowest BCUT2D eigenvalue weighted by Crippen LogP contribution is -2.27. The molecule has 4 heteroatoms. The normalized spacial score (nSPS) is 22.9. The SMILES string of the molecule is COc1ccc(NC(=O)C2CCCC(C)C2)cc1Cl. The maximum Gasteiger partial charge on any atom is 0.227 e. The van der Waals surface area contributed by atoms with E-state index in [4.69, 9.17) is 16.3 Å². The summed E-state index contributed by atoms with van der Waals surface area (Å²) in [6.45, 7) is 2.21. The Morgan fingerprint density at radius 1 is 1.42 bits per heavy atom. The summed E-state index contributed by atoms with van der Waals surface area (Å²) in [5, 5.41) is 3.46. The predicted octanol–water partition coefficient (Wildman–Crippen LogP) is 4.11. The molecule has 0 saturated heterocycles. The molecule has 0 spiro atoms. The number of amides is 1. The molecule has 0 aromatic heterocycles. The van der Waals surface area contributed by atoms with Gasteiger partial charge in [-0.25, -0.2) is 0 Å². The van der Waals surface area contributed by atoms with E-state index >= 15 is 0 Å². The lowest BCUT2D eigenvalue weighted by atomic mass is 9.82. The molecule has 2 rings (SSSR count). The molecule has 1 aliphatic carbocycles. The van der Waals surface area contributed by atoms with Gasteiger partial charge in [0.25, 0.3) is 0 Å². The first-order valence-electron chi connectivity index (χ1n) is 6.74. The molecule has 1 N–H and O–H groups in total. The monoisotopic (exact) mass is 281 g/mol. The zero-order valence-corrected chi connectivity index (χ0v) is 12.2. The quantitative estimate of drug-likeness (QED) is 0.905. The van der Waals surface area contributed by atoms with Crippen molar-refractivity contribution in [1.82, 2.24) is 0 Å². The van der Waals surface area contributed by atoms with Crippen LogP contribution < -0.4 is 10.1 Å². The van der Waals surface area contributed by atoms with E-state index in [0.717, 1.165) is 24.9 Å². The highest BCUT2D eigenvalue weighted by molar-refractivity contribution is 6.32. The summed E-state index contributed by atoms with van der Waals surface area (Å²) in [5.74, 6) is 1.49. The summed E-state index contributed by atoms with van der Waals surface area (Å²) in [5.41, 5.74) is 0.731. The van der Waals surface area contributed by atoms with Crippen LogP contribution in [0, 0.1) is 11.8 Å². The molecule has 19 heavy (non-hydrogen) atoms. The number of methoxy groups -OCH3 is 1. The highest BCUT2D eigenvalue weighted by atomic mass is 35.5. The number of nitrogens with one attached hydrogen (secondary N) is 1. The van der Waals surface area contributed by atoms with Crippen molar-refractivity contribution in [3.8, 4) is 5.75 Å². The lowest BCUT2D eigenvalue weighted by molar-refractivity contribution is -0.121. The van der Waals surface area contributed by atoms with Gasteiger partial charge in [0, 0.05) is 11.6 Å². The van der Waals surface area contributed by atoms with E-state index in [1.807, 2.05) is 6.07 Å². The fraction of sp³-hybridized carbons (Fsp3) is 0.533. The van der Waals surface area contributed by atoms with Crippen LogP contribution >= 0.6 is 11.6 Å². The Morgan fingerprint density at radius 3 is 2.84 bits per heavy atom. The van der Waals surface area contributed by atoms with Crippen molar-refractivity contribution in [3.63, 3.8) is 0 Å².